The molecular weight excluding hydrogens is 306 g/mol. The molecule has 0 spiro atoms. The van der Waals surface area contributed by atoms with Crippen LogP contribution < -0.4 is 0 Å². The van der Waals surface area contributed by atoms with Crippen molar-refractivity contribution in [2.75, 3.05) is 0 Å². The number of benzene rings is 2. The standard InChI is InChI=1S/C23H21NO/c1-14-10-11-19-16(12-14)13-15(2)23(24-19)18-7-5-9-21-22(18)17-6-3-4-8-20(17)25-21/h3-9,11,13-14,16H,10,12H2,1-2H3/t14-,16?/m1/s1. The molecule has 0 N–H and O–H groups in total. The van der Waals surface area contributed by atoms with Gasteiger partial charge >= 0.3 is 0 Å². The van der Waals surface area contributed by atoms with Crippen molar-refractivity contribution in [3.05, 3.63) is 71.5 Å². The van der Waals surface area contributed by atoms with Crippen molar-refractivity contribution in [2.24, 2.45) is 16.8 Å². The van der Waals surface area contributed by atoms with E-state index in [1.807, 2.05) is 18.2 Å². The Balaban J connectivity index is 1.75. The Morgan fingerprint density at radius 1 is 1.04 bits per heavy atom. The van der Waals surface area contributed by atoms with Crippen molar-refractivity contribution in [3.8, 4) is 0 Å². The van der Waals surface area contributed by atoms with Crippen LogP contribution in [-0.4, -0.2) is 5.71 Å². The van der Waals surface area contributed by atoms with Gasteiger partial charge in [0, 0.05) is 28.0 Å². The van der Waals surface area contributed by atoms with E-state index in [0.29, 0.717) is 5.92 Å². The van der Waals surface area contributed by atoms with Crippen molar-refractivity contribution in [1.82, 2.24) is 0 Å². The molecule has 2 aliphatic rings. The Morgan fingerprint density at radius 2 is 1.88 bits per heavy atom. The summed E-state index contributed by atoms with van der Waals surface area (Å²) in [5.74, 6) is 1.23. The summed E-state index contributed by atoms with van der Waals surface area (Å²) in [5.41, 5.74) is 6.65. The van der Waals surface area contributed by atoms with Crippen LogP contribution in [0.15, 0.2) is 75.3 Å². The van der Waals surface area contributed by atoms with E-state index < -0.39 is 0 Å². The molecule has 124 valence electrons. The SMILES string of the molecule is CC1=CC2C[C@H](C)CC=C2N=C1c1cccc2oc3ccccc3c12. The number of allylic oxidation sites excluding steroid dienone is 3. The predicted octanol–water partition coefficient (Wildman–Crippen LogP) is 6.27. The van der Waals surface area contributed by atoms with Gasteiger partial charge < -0.3 is 4.42 Å². The summed E-state index contributed by atoms with van der Waals surface area (Å²) in [4.78, 5) is 5.09. The molecular formula is C23H21NO. The monoisotopic (exact) mass is 327 g/mol. The second-order valence-electron chi connectivity index (χ2n) is 7.40. The minimum absolute atomic E-state index is 0.479. The van der Waals surface area contributed by atoms with Gasteiger partial charge in [-0.3, -0.25) is 4.99 Å². The molecule has 2 heterocycles. The number of hydrogen-bond acceptors (Lipinski definition) is 2. The first-order valence-corrected chi connectivity index (χ1v) is 9.09. The van der Waals surface area contributed by atoms with Gasteiger partial charge in [0.15, 0.2) is 0 Å². The summed E-state index contributed by atoms with van der Waals surface area (Å²) in [6, 6.07) is 14.5. The summed E-state index contributed by atoms with van der Waals surface area (Å²) in [6.07, 6.45) is 7.08. The fourth-order valence-corrected chi connectivity index (χ4v) is 4.25. The van der Waals surface area contributed by atoms with Crippen LogP contribution in [0.1, 0.15) is 32.3 Å². The Labute approximate surface area is 147 Å². The first-order chi connectivity index (χ1) is 12.2. The lowest BCUT2D eigenvalue weighted by atomic mass is 9.81. The molecule has 1 unspecified atom stereocenters. The summed E-state index contributed by atoms with van der Waals surface area (Å²) in [6.45, 7) is 4.52. The minimum Gasteiger partial charge on any atom is -0.456 e. The zero-order valence-corrected chi connectivity index (χ0v) is 14.6. The normalized spacial score (nSPS) is 23.2. The van der Waals surface area contributed by atoms with Gasteiger partial charge in [0.05, 0.1) is 5.71 Å². The Hall–Kier alpha value is -2.61. The number of fused-ring (bicyclic) bond motifs is 4. The van der Waals surface area contributed by atoms with Gasteiger partial charge in [-0.2, -0.15) is 0 Å². The number of hydrogen-bond donors (Lipinski definition) is 0. The quantitative estimate of drug-likeness (QED) is 0.517. The summed E-state index contributed by atoms with van der Waals surface area (Å²) < 4.78 is 6.05. The summed E-state index contributed by atoms with van der Waals surface area (Å²) >= 11 is 0. The molecule has 5 rings (SSSR count). The molecule has 0 fully saturated rings. The molecule has 1 aliphatic carbocycles. The zero-order valence-electron chi connectivity index (χ0n) is 14.6. The van der Waals surface area contributed by atoms with Crippen LogP contribution in [0.5, 0.6) is 0 Å². The van der Waals surface area contributed by atoms with Gasteiger partial charge in [-0.15, -0.1) is 0 Å². The fraction of sp³-hybridized carbons (Fsp3) is 0.261. The van der Waals surface area contributed by atoms with E-state index in [1.165, 1.54) is 28.6 Å². The van der Waals surface area contributed by atoms with Crippen LogP contribution in [0, 0.1) is 11.8 Å². The fourth-order valence-electron chi connectivity index (χ4n) is 4.25. The molecule has 2 atom stereocenters. The Bertz CT molecular complexity index is 1080. The van der Waals surface area contributed by atoms with Crippen molar-refractivity contribution in [3.63, 3.8) is 0 Å². The highest BCUT2D eigenvalue weighted by molar-refractivity contribution is 6.24. The van der Waals surface area contributed by atoms with Crippen LogP contribution in [0.25, 0.3) is 21.9 Å². The highest BCUT2D eigenvalue weighted by atomic mass is 16.3. The van der Waals surface area contributed by atoms with Gasteiger partial charge in [0.1, 0.15) is 11.2 Å². The lowest BCUT2D eigenvalue weighted by molar-refractivity contribution is 0.452. The first kappa shape index (κ1) is 14.7. The van der Waals surface area contributed by atoms with Crippen LogP contribution >= 0.6 is 0 Å². The van der Waals surface area contributed by atoms with E-state index in [0.717, 1.165) is 34.6 Å². The maximum atomic E-state index is 6.05. The molecule has 1 aliphatic heterocycles. The van der Waals surface area contributed by atoms with Crippen molar-refractivity contribution >= 4 is 27.7 Å². The van der Waals surface area contributed by atoms with E-state index in [1.54, 1.807) is 0 Å². The molecule has 1 aromatic heterocycles. The number of para-hydroxylation sites is 1. The van der Waals surface area contributed by atoms with E-state index in [9.17, 15) is 0 Å². The van der Waals surface area contributed by atoms with E-state index >= 15 is 0 Å². The first-order valence-electron chi connectivity index (χ1n) is 9.09. The smallest absolute Gasteiger partial charge is 0.136 e. The van der Waals surface area contributed by atoms with Crippen LogP contribution in [0.3, 0.4) is 0 Å². The number of aliphatic imine (C=N–C) groups is 1. The lowest BCUT2D eigenvalue weighted by Gasteiger charge is -2.28. The number of nitrogens with zero attached hydrogens (tertiary/aromatic N) is 1. The molecule has 0 radical (unpaired) electrons. The summed E-state index contributed by atoms with van der Waals surface area (Å²) in [7, 11) is 0. The van der Waals surface area contributed by atoms with Crippen molar-refractivity contribution < 1.29 is 4.42 Å². The summed E-state index contributed by atoms with van der Waals surface area (Å²) in [5, 5.41) is 2.34. The van der Waals surface area contributed by atoms with E-state index in [4.69, 9.17) is 9.41 Å². The molecule has 0 bridgehead atoms. The van der Waals surface area contributed by atoms with Gasteiger partial charge in [0.25, 0.3) is 0 Å². The van der Waals surface area contributed by atoms with Crippen LogP contribution in [0.4, 0.5) is 0 Å². The van der Waals surface area contributed by atoms with Gasteiger partial charge in [-0.05, 0) is 43.4 Å². The van der Waals surface area contributed by atoms with E-state index in [-0.39, 0.29) is 0 Å². The molecule has 0 saturated carbocycles. The van der Waals surface area contributed by atoms with Gasteiger partial charge in [-0.25, -0.2) is 0 Å². The minimum atomic E-state index is 0.479. The molecule has 2 aromatic carbocycles. The third kappa shape index (κ3) is 2.28. The average molecular weight is 327 g/mol. The van der Waals surface area contributed by atoms with Gasteiger partial charge in [-0.1, -0.05) is 49.4 Å². The van der Waals surface area contributed by atoms with Crippen molar-refractivity contribution in [1.29, 1.82) is 0 Å². The second kappa shape index (κ2) is 5.45. The molecule has 0 saturated heterocycles. The predicted molar refractivity (Wildman–Crippen MR) is 104 cm³/mol. The van der Waals surface area contributed by atoms with E-state index in [2.05, 4.69) is 50.3 Å². The molecule has 2 nitrogen and oxygen atoms in total. The zero-order chi connectivity index (χ0) is 17.0. The molecule has 0 amide bonds. The Kier molecular flexibility index (Phi) is 3.21. The topological polar surface area (TPSA) is 25.5 Å². The average Bonchev–Trinajstić information content (AvgIpc) is 3.00. The highest BCUT2D eigenvalue weighted by Gasteiger charge is 2.26. The number of furan rings is 1. The largest absolute Gasteiger partial charge is 0.456 e. The van der Waals surface area contributed by atoms with Gasteiger partial charge in [0.2, 0.25) is 0 Å². The number of rotatable bonds is 1. The van der Waals surface area contributed by atoms with Crippen molar-refractivity contribution in [2.45, 2.75) is 26.7 Å². The Morgan fingerprint density at radius 3 is 2.80 bits per heavy atom. The molecule has 2 heteroatoms. The van der Waals surface area contributed by atoms with Crippen LogP contribution in [-0.2, 0) is 0 Å². The maximum absolute atomic E-state index is 6.05. The second-order valence-corrected chi connectivity index (χ2v) is 7.40. The van der Waals surface area contributed by atoms with Crippen LogP contribution in [0.2, 0.25) is 0 Å². The maximum Gasteiger partial charge on any atom is 0.136 e. The lowest BCUT2D eigenvalue weighted by Crippen LogP contribution is -2.19. The molecule has 3 aromatic rings. The third-order valence-electron chi connectivity index (χ3n) is 5.49. The molecule has 25 heavy (non-hydrogen) atoms. The number of dihydropyridines is 1. The third-order valence-corrected chi connectivity index (χ3v) is 5.49. The highest BCUT2D eigenvalue weighted by Crippen LogP contribution is 2.38.